The smallest absolute Gasteiger partial charge is 0.381 e. The van der Waals surface area contributed by atoms with Crippen LogP contribution < -0.4 is 5.32 Å². The standard InChI is InChI=1S/C29H30F6N4/c1-3-18-5-6-21-22-11-17(2)39(16-29(33,34)35)28(27(22)37-25(21)12-18)26-23(31)13-20(14-24(26)32)36-19-7-10-38(15-19)9-4-8-30/h1,5-6,12-14,17,19,28,36-37H,4,7-11,15-16H2,2H3/t17-,19?,28-/m1/s1. The van der Waals surface area contributed by atoms with Crippen LogP contribution in [0, 0.1) is 24.0 Å². The number of rotatable bonds is 7. The molecule has 3 heterocycles. The summed E-state index contributed by atoms with van der Waals surface area (Å²) in [6.45, 7) is 1.89. The number of benzene rings is 2. The molecular weight excluding hydrogens is 518 g/mol. The Morgan fingerprint density at radius 1 is 1.15 bits per heavy atom. The van der Waals surface area contributed by atoms with Gasteiger partial charge >= 0.3 is 6.18 Å². The van der Waals surface area contributed by atoms with Crippen LogP contribution in [0.4, 0.5) is 32.0 Å². The molecule has 2 aliphatic heterocycles. The average Bonchev–Trinajstić information content (AvgIpc) is 3.46. The van der Waals surface area contributed by atoms with Gasteiger partial charge in [-0.1, -0.05) is 12.0 Å². The number of nitrogens with zero attached hydrogens (tertiary/aromatic N) is 2. The molecule has 1 unspecified atom stereocenters. The zero-order valence-electron chi connectivity index (χ0n) is 21.5. The predicted octanol–water partition coefficient (Wildman–Crippen LogP) is 6.17. The van der Waals surface area contributed by atoms with Crippen molar-refractivity contribution in [1.82, 2.24) is 14.8 Å². The molecule has 5 rings (SSSR count). The minimum atomic E-state index is -4.57. The monoisotopic (exact) mass is 548 g/mol. The third-order valence-electron chi connectivity index (χ3n) is 7.74. The molecule has 3 aromatic rings. The summed E-state index contributed by atoms with van der Waals surface area (Å²) in [6, 6.07) is 5.50. The van der Waals surface area contributed by atoms with E-state index in [2.05, 4.69) is 21.1 Å². The van der Waals surface area contributed by atoms with Crippen LogP contribution in [0.5, 0.6) is 0 Å². The van der Waals surface area contributed by atoms with Gasteiger partial charge in [0, 0.05) is 65.1 Å². The number of alkyl halides is 4. The number of nitrogens with one attached hydrogen (secondary N) is 2. The summed E-state index contributed by atoms with van der Waals surface area (Å²) in [5.41, 5.74) is 2.04. The molecular formula is C29H30F6N4. The first kappa shape index (κ1) is 27.4. The van der Waals surface area contributed by atoms with E-state index in [1.54, 1.807) is 25.1 Å². The summed E-state index contributed by atoms with van der Waals surface area (Å²) in [6.07, 6.45) is 2.38. The Kier molecular flexibility index (Phi) is 7.57. The van der Waals surface area contributed by atoms with Crippen molar-refractivity contribution in [3.05, 3.63) is 64.4 Å². The minimum Gasteiger partial charge on any atom is -0.381 e. The summed E-state index contributed by atoms with van der Waals surface area (Å²) in [5, 5.41) is 3.90. The molecule has 0 saturated carbocycles. The lowest BCUT2D eigenvalue weighted by Gasteiger charge is -2.41. The van der Waals surface area contributed by atoms with Crippen LogP contribution in [0.25, 0.3) is 10.9 Å². The highest BCUT2D eigenvalue weighted by Crippen LogP contribution is 2.44. The third-order valence-corrected chi connectivity index (χ3v) is 7.74. The fourth-order valence-electron chi connectivity index (χ4n) is 6.02. The number of hydrogen-bond donors (Lipinski definition) is 2. The Morgan fingerprint density at radius 2 is 1.90 bits per heavy atom. The van der Waals surface area contributed by atoms with Gasteiger partial charge in [0.15, 0.2) is 0 Å². The highest BCUT2D eigenvalue weighted by atomic mass is 19.4. The number of fused-ring (bicyclic) bond motifs is 3. The molecule has 4 nitrogen and oxygen atoms in total. The topological polar surface area (TPSA) is 34.3 Å². The largest absolute Gasteiger partial charge is 0.401 e. The Labute approximate surface area is 223 Å². The van der Waals surface area contributed by atoms with Crippen molar-refractivity contribution in [3.8, 4) is 12.3 Å². The van der Waals surface area contributed by atoms with Gasteiger partial charge in [-0.15, -0.1) is 6.42 Å². The van der Waals surface area contributed by atoms with E-state index in [0.717, 1.165) is 40.9 Å². The van der Waals surface area contributed by atoms with E-state index in [1.165, 1.54) is 0 Å². The highest BCUT2D eigenvalue weighted by molar-refractivity contribution is 5.86. The number of aromatic amines is 1. The van der Waals surface area contributed by atoms with Crippen LogP contribution in [0.3, 0.4) is 0 Å². The molecule has 1 fully saturated rings. The molecule has 208 valence electrons. The number of halogens is 6. The summed E-state index contributed by atoms with van der Waals surface area (Å²) >= 11 is 0. The second-order valence-electron chi connectivity index (χ2n) is 10.5. The Hall–Kier alpha value is -3.16. The summed E-state index contributed by atoms with van der Waals surface area (Å²) in [4.78, 5) is 6.33. The van der Waals surface area contributed by atoms with Gasteiger partial charge in [-0.2, -0.15) is 13.2 Å². The number of likely N-dealkylation sites (tertiary alicyclic amines) is 1. The van der Waals surface area contributed by atoms with E-state index in [4.69, 9.17) is 6.42 Å². The van der Waals surface area contributed by atoms with Crippen molar-refractivity contribution in [2.45, 2.75) is 50.5 Å². The SMILES string of the molecule is C#Cc1ccc2c3c([nH]c2c1)[C@@H](c1c(F)cc(NC2CCN(CCCF)C2)cc1F)N(CC(F)(F)F)[C@H](C)C3. The third kappa shape index (κ3) is 5.61. The predicted molar refractivity (Wildman–Crippen MR) is 139 cm³/mol. The van der Waals surface area contributed by atoms with E-state index < -0.39 is 48.7 Å². The van der Waals surface area contributed by atoms with E-state index >= 15 is 8.78 Å². The molecule has 0 amide bonds. The molecule has 2 aromatic carbocycles. The molecule has 1 aromatic heterocycles. The second-order valence-corrected chi connectivity index (χ2v) is 10.5. The molecule has 3 atom stereocenters. The molecule has 39 heavy (non-hydrogen) atoms. The van der Waals surface area contributed by atoms with Crippen molar-refractivity contribution in [2.75, 3.05) is 38.2 Å². The van der Waals surface area contributed by atoms with Gasteiger partial charge in [0.2, 0.25) is 0 Å². The normalized spacial score (nSPS) is 22.3. The van der Waals surface area contributed by atoms with Crippen LogP contribution in [-0.4, -0.2) is 65.9 Å². The van der Waals surface area contributed by atoms with Gasteiger partial charge in [0.25, 0.3) is 0 Å². The maximum atomic E-state index is 15.7. The molecule has 2 aliphatic rings. The van der Waals surface area contributed by atoms with Crippen LogP contribution in [-0.2, 0) is 6.42 Å². The van der Waals surface area contributed by atoms with Gasteiger partial charge in [0.05, 0.1) is 19.3 Å². The van der Waals surface area contributed by atoms with Gasteiger partial charge in [0.1, 0.15) is 11.6 Å². The van der Waals surface area contributed by atoms with Gasteiger partial charge in [-0.05, 0) is 56.0 Å². The highest BCUT2D eigenvalue weighted by Gasteiger charge is 2.43. The van der Waals surface area contributed by atoms with E-state index in [0.29, 0.717) is 36.3 Å². The fourth-order valence-corrected chi connectivity index (χ4v) is 6.02. The lowest BCUT2D eigenvalue weighted by atomic mass is 9.88. The minimum absolute atomic E-state index is 0.0728. The van der Waals surface area contributed by atoms with Crippen molar-refractivity contribution in [2.24, 2.45) is 0 Å². The maximum absolute atomic E-state index is 15.7. The number of anilines is 1. The number of terminal acetylenes is 1. The maximum Gasteiger partial charge on any atom is 0.401 e. The van der Waals surface area contributed by atoms with E-state index in [-0.39, 0.29) is 18.2 Å². The van der Waals surface area contributed by atoms with Crippen molar-refractivity contribution >= 4 is 16.6 Å². The molecule has 0 bridgehead atoms. The quantitative estimate of drug-likeness (QED) is 0.274. The number of H-pyrrole nitrogens is 1. The van der Waals surface area contributed by atoms with E-state index in [9.17, 15) is 17.6 Å². The Balaban J connectivity index is 1.53. The Bertz CT molecular complexity index is 1370. The molecule has 2 N–H and O–H groups in total. The number of hydrogen-bond acceptors (Lipinski definition) is 3. The lowest BCUT2D eigenvalue weighted by molar-refractivity contribution is -0.155. The van der Waals surface area contributed by atoms with Crippen LogP contribution >= 0.6 is 0 Å². The van der Waals surface area contributed by atoms with E-state index in [1.807, 2.05) is 0 Å². The van der Waals surface area contributed by atoms with Gasteiger partial charge < -0.3 is 15.2 Å². The van der Waals surface area contributed by atoms with Crippen LogP contribution in [0.1, 0.15) is 48.2 Å². The van der Waals surface area contributed by atoms with Gasteiger partial charge in [-0.25, -0.2) is 8.78 Å². The zero-order chi connectivity index (χ0) is 27.9. The number of aromatic nitrogens is 1. The van der Waals surface area contributed by atoms with Crippen LogP contribution in [0.15, 0.2) is 30.3 Å². The summed E-state index contributed by atoms with van der Waals surface area (Å²) in [7, 11) is 0. The van der Waals surface area contributed by atoms with Gasteiger partial charge in [-0.3, -0.25) is 9.29 Å². The second kappa shape index (κ2) is 10.8. The van der Waals surface area contributed by atoms with Crippen LogP contribution in [0.2, 0.25) is 0 Å². The lowest BCUT2D eigenvalue weighted by Crippen LogP contribution is -2.47. The zero-order valence-corrected chi connectivity index (χ0v) is 21.5. The fraction of sp³-hybridized carbons (Fsp3) is 0.448. The summed E-state index contributed by atoms with van der Waals surface area (Å²) < 4.78 is 85.0. The van der Waals surface area contributed by atoms with Crippen molar-refractivity contribution in [1.29, 1.82) is 0 Å². The summed E-state index contributed by atoms with van der Waals surface area (Å²) in [5.74, 6) is 0.680. The Morgan fingerprint density at radius 3 is 2.56 bits per heavy atom. The van der Waals surface area contributed by atoms with Crippen molar-refractivity contribution < 1.29 is 26.3 Å². The molecule has 0 radical (unpaired) electrons. The average molecular weight is 549 g/mol. The molecule has 0 aliphatic carbocycles. The first-order chi connectivity index (χ1) is 18.6. The first-order valence-electron chi connectivity index (χ1n) is 13.1. The van der Waals surface area contributed by atoms with Crippen molar-refractivity contribution in [3.63, 3.8) is 0 Å². The molecule has 10 heteroatoms. The molecule has 0 spiro atoms. The first-order valence-corrected chi connectivity index (χ1v) is 13.1. The molecule has 1 saturated heterocycles.